The average molecular weight is 580 g/mol. The van der Waals surface area contributed by atoms with E-state index < -0.39 is 41.9 Å². The number of amides is 2. The molecule has 0 radical (unpaired) electrons. The van der Waals surface area contributed by atoms with Crippen LogP contribution in [0.5, 0.6) is 0 Å². The maximum atomic E-state index is 12.9. The summed E-state index contributed by atoms with van der Waals surface area (Å²) < 4.78 is 10.1. The second-order valence-electron chi connectivity index (χ2n) is 7.45. The third-order valence-corrected chi connectivity index (χ3v) is 5.57. The van der Waals surface area contributed by atoms with Crippen molar-refractivity contribution in [2.24, 2.45) is 0 Å². The van der Waals surface area contributed by atoms with Crippen LogP contribution in [0.3, 0.4) is 0 Å². The predicted molar refractivity (Wildman–Crippen MR) is 136 cm³/mol. The summed E-state index contributed by atoms with van der Waals surface area (Å²) in [5.41, 5.74) is 3.98. The van der Waals surface area contributed by atoms with Crippen LogP contribution in [-0.2, 0) is 19.1 Å². The molecule has 0 aliphatic carbocycles. The van der Waals surface area contributed by atoms with Gasteiger partial charge in [0.15, 0.2) is 0 Å². The molecule has 3 aromatic rings. The lowest BCUT2D eigenvalue weighted by Crippen LogP contribution is -2.54. The number of carbonyl (C=O) groups is 5. The maximum absolute atomic E-state index is 12.9. The Morgan fingerprint density at radius 1 is 0.579 bits per heavy atom. The highest BCUT2D eigenvalue weighted by Gasteiger charge is 2.41. The molecule has 0 aliphatic heterocycles. The molecule has 0 saturated carbocycles. The van der Waals surface area contributed by atoms with Crippen molar-refractivity contribution >= 4 is 64.5 Å². The molecule has 38 heavy (non-hydrogen) atoms. The Balaban J connectivity index is 1.84. The summed E-state index contributed by atoms with van der Waals surface area (Å²) in [5, 5.41) is 10.7. The number of carboxylic acid groups (broad SMARTS) is 1. The monoisotopic (exact) mass is 578 g/mol. The number of carbonyl (C=O) groups excluding carboxylic acids is 4. The minimum absolute atomic E-state index is 0.0782. The number of hydrogen-bond donors (Lipinski definition) is 3. The number of esters is 2. The molecule has 3 rings (SSSR count). The highest BCUT2D eigenvalue weighted by atomic mass is 35.5. The van der Waals surface area contributed by atoms with E-state index in [4.69, 9.17) is 44.3 Å². The van der Waals surface area contributed by atoms with E-state index in [2.05, 4.69) is 5.43 Å². The molecule has 3 aromatic carbocycles. The minimum Gasteiger partial charge on any atom is -0.478 e. The zero-order valence-corrected chi connectivity index (χ0v) is 21.3. The van der Waals surface area contributed by atoms with Gasteiger partial charge >= 0.3 is 17.9 Å². The number of nitrogens with one attached hydrogen (secondary N) is 2. The first-order valence-electron chi connectivity index (χ1n) is 10.6. The van der Waals surface area contributed by atoms with E-state index in [0.717, 1.165) is 0 Å². The van der Waals surface area contributed by atoms with E-state index in [1.807, 2.05) is 5.43 Å². The van der Waals surface area contributed by atoms with E-state index >= 15 is 0 Å². The first-order valence-corrected chi connectivity index (χ1v) is 11.7. The Hall–Kier alpha value is -4.12. The molecule has 13 heteroatoms. The lowest BCUT2D eigenvalue weighted by molar-refractivity contribution is -0.159. The molecule has 2 amide bonds. The summed E-state index contributed by atoms with van der Waals surface area (Å²) in [6.45, 7) is 0. The van der Waals surface area contributed by atoms with Gasteiger partial charge in [-0.1, -0.05) is 34.8 Å². The van der Waals surface area contributed by atoms with E-state index in [-0.39, 0.29) is 16.7 Å². The zero-order valence-electron chi connectivity index (χ0n) is 19.0. The van der Waals surface area contributed by atoms with Gasteiger partial charge in [-0.05, 0) is 72.8 Å². The smallest absolute Gasteiger partial charge is 0.349 e. The van der Waals surface area contributed by atoms with E-state index in [1.165, 1.54) is 72.8 Å². The van der Waals surface area contributed by atoms with Crippen LogP contribution in [0.15, 0.2) is 72.8 Å². The Labute approximate surface area is 230 Å². The molecular formula is C25H17Cl3N2O8. The highest BCUT2D eigenvalue weighted by Crippen LogP contribution is 2.17. The van der Waals surface area contributed by atoms with Crippen LogP contribution in [-0.4, -0.2) is 47.0 Å². The molecule has 196 valence electrons. The molecule has 0 aromatic heterocycles. The number of benzene rings is 3. The largest absolute Gasteiger partial charge is 0.478 e. The highest BCUT2D eigenvalue weighted by molar-refractivity contribution is 6.31. The summed E-state index contributed by atoms with van der Waals surface area (Å²) in [7, 11) is 0. The van der Waals surface area contributed by atoms with Crippen molar-refractivity contribution in [3.63, 3.8) is 0 Å². The molecule has 0 aliphatic rings. The van der Waals surface area contributed by atoms with Crippen molar-refractivity contribution in [3.8, 4) is 0 Å². The van der Waals surface area contributed by atoms with Crippen LogP contribution < -0.4 is 10.9 Å². The number of rotatable bonds is 8. The molecule has 0 fully saturated rings. The number of halogens is 3. The molecule has 3 N–H and O–H groups in total. The Bertz CT molecular complexity index is 1350. The Kier molecular flexibility index (Phi) is 9.66. The van der Waals surface area contributed by atoms with Crippen molar-refractivity contribution in [1.29, 1.82) is 0 Å². The standard InChI is InChI=1S/C25H17Cl3N2O8/c26-16-7-1-13(2-8-16)21(31)29-30-22(32)19(37-24(35)14-3-9-17(27)10-4-14)20(23(33)34)38-25(36)15-5-11-18(28)12-6-15/h1-12,19-20H,(H,29,31)(H,30,32)(H,33,34)/t19-,20+/m1/s1. The van der Waals surface area contributed by atoms with Gasteiger partial charge in [0.1, 0.15) is 0 Å². The summed E-state index contributed by atoms with van der Waals surface area (Å²) in [5.74, 6) is -6.16. The van der Waals surface area contributed by atoms with Crippen LogP contribution in [0.2, 0.25) is 15.1 Å². The molecule has 0 saturated heterocycles. The van der Waals surface area contributed by atoms with Gasteiger partial charge in [0, 0.05) is 20.6 Å². The molecule has 0 spiro atoms. The normalized spacial score (nSPS) is 12.0. The fourth-order valence-corrected chi connectivity index (χ4v) is 3.27. The minimum atomic E-state index is -2.30. The van der Waals surface area contributed by atoms with Gasteiger partial charge in [-0.25, -0.2) is 14.4 Å². The van der Waals surface area contributed by atoms with E-state index in [0.29, 0.717) is 15.1 Å². The number of aliphatic carboxylic acids is 1. The SMILES string of the molecule is O=C(NNC(=O)[C@H](OC(=O)c1ccc(Cl)cc1)[C@H](OC(=O)c1ccc(Cl)cc1)C(=O)O)c1ccc(Cl)cc1. The van der Waals surface area contributed by atoms with Crippen LogP contribution in [0.1, 0.15) is 31.1 Å². The van der Waals surface area contributed by atoms with Gasteiger partial charge in [0.05, 0.1) is 11.1 Å². The molecule has 0 heterocycles. The van der Waals surface area contributed by atoms with Gasteiger partial charge in [-0.15, -0.1) is 0 Å². The maximum Gasteiger partial charge on any atom is 0.349 e. The van der Waals surface area contributed by atoms with E-state index in [9.17, 15) is 29.1 Å². The lowest BCUT2D eigenvalue weighted by atomic mass is 10.1. The van der Waals surface area contributed by atoms with Crippen LogP contribution >= 0.6 is 34.8 Å². The van der Waals surface area contributed by atoms with Crippen molar-refractivity contribution < 1.29 is 38.6 Å². The summed E-state index contributed by atoms with van der Waals surface area (Å²) in [6.07, 6.45) is -4.53. The number of carboxylic acids is 1. The summed E-state index contributed by atoms with van der Waals surface area (Å²) in [4.78, 5) is 62.6. The van der Waals surface area contributed by atoms with Crippen molar-refractivity contribution in [1.82, 2.24) is 10.9 Å². The van der Waals surface area contributed by atoms with Gasteiger partial charge in [0.2, 0.25) is 12.2 Å². The fraction of sp³-hybridized carbons (Fsp3) is 0.0800. The second kappa shape index (κ2) is 12.9. The number of ether oxygens (including phenoxy) is 2. The van der Waals surface area contributed by atoms with E-state index in [1.54, 1.807) is 0 Å². The van der Waals surface area contributed by atoms with Gasteiger partial charge in [0.25, 0.3) is 11.8 Å². The summed E-state index contributed by atoms with van der Waals surface area (Å²) in [6, 6.07) is 16.2. The molecule has 10 nitrogen and oxygen atoms in total. The number of hydrazine groups is 1. The molecular weight excluding hydrogens is 563 g/mol. The van der Waals surface area contributed by atoms with Crippen LogP contribution in [0, 0.1) is 0 Å². The van der Waals surface area contributed by atoms with Gasteiger partial charge < -0.3 is 14.6 Å². The quantitative estimate of drug-likeness (QED) is 0.268. The van der Waals surface area contributed by atoms with Crippen LogP contribution in [0.4, 0.5) is 0 Å². The zero-order chi connectivity index (χ0) is 27.8. The van der Waals surface area contributed by atoms with Crippen molar-refractivity contribution in [2.45, 2.75) is 12.2 Å². The predicted octanol–water partition coefficient (Wildman–Crippen LogP) is 3.94. The van der Waals surface area contributed by atoms with Crippen molar-refractivity contribution in [3.05, 3.63) is 105 Å². The van der Waals surface area contributed by atoms with Gasteiger partial charge in [-0.3, -0.25) is 20.4 Å². The molecule has 0 unspecified atom stereocenters. The average Bonchev–Trinajstić information content (AvgIpc) is 2.89. The first-order chi connectivity index (χ1) is 18.0. The second-order valence-corrected chi connectivity index (χ2v) is 8.76. The number of hydrogen-bond acceptors (Lipinski definition) is 7. The Morgan fingerprint density at radius 2 is 0.947 bits per heavy atom. The lowest BCUT2D eigenvalue weighted by Gasteiger charge is -2.23. The van der Waals surface area contributed by atoms with Crippen molar-refractivity contribution in [2.75, 3.05) is 0 Å². The topological polar surface area (TPSA) is 148 Å². The third kappa shape index (κ3) is 7.69. The first kappa shape index (κ1) is 28.5. The molecule has 0 bridgehead atoms. The van der Waals surface area contributed by atoms with Crippen LogP contribution in [0.25, 0.3) is 0 Å². The Morgan fingerprint density at radius 3 is 1.34 bits per heavy atom. The summed E-state index contributed by atoms with van der Waals surface area (Å²) >= 11 is 17.4. The third-order valence-electron chi connectivity index (χ3n) is 4.81. The van der Waals surface area contributed by atoms with Gasteiger partial charge in [-0.2, -0.15) is 0 Å². The fourth-order valence-electron chi connectivity index (χ4n) is 2.90. The molecule has 2 atom stereocenters.